The lowest BCUT2D eigenvalue weighted by Crippen LogP contribution is -1.97. The molecule has 0 unspecified atom stereocenters. The monoisotopic (exact) mass is 217 g/mol. The molecular weight excluding hydrogens is 205 g/mol. The lowest BCUT2D eigenvalue weighted by Gasteiger charge is -2.07. The molecule has 0 spiro atoms. The van der Waals surface area contributed by atoms with Crippen molar-refractivity contribution < 1.29 is 9.13 Å². The van der Waals surface area contributed by atoms with E-state index in [0.717, 1.165) is 5.56 Å². The van der Waals surface area contributed by atoms with Gasteiger partial charge in [0.25, 0.3) is 0 Å². The van der Waals surface area contributed by atoms with E-state index in [1.54, 1.807) is 24.3 Å². The number of hydrogen-bond acceptors (Lipinski definition) is 2. The Hall–Kier alpha value is -1.87. The van der Waals surface area contributed by atoms with Crippen molar-refractivity contribution in [3.8, 4) is 11.5 Å². The quantitative estimate of drug-likeness (QED) is 0.857. The highest BCUT2D eigenvalue weighted by molar-refractivity contribution is 5.35. The summed E-state index contributed by atoms with van der Waals surface area (Å²) < 4.78 is 18.8. The number of ether oxygens (including phenoxy) is 1. The van der Waals surface area contributed by atoms with E-state index < -0.39 is 0 Å². The normalized spacial score (nSPS) is 10.1. The minimum Gasteiger partial charge on any atom is -0.454 e. The molecule has 0 atom stereocenters. The first-order valence-corrected chi connectivity index (χ1v) is 5.01. The highest BCUT2D eigenvalue weighted by Crippen LogP contribution is 2.25. The Balaban J connectivity index is 2.27. The Morgan fingerprint density at radius 2 is 1.81 bits per heavy atom. The van der Waals surface area contributed by atoms with E-state index in [1.165, 1.54) is 6.07 Å². The Morgan fingerprint density at radius 1 is 1.06 bits per heavy atom. The van der Waals surface area contributed by atoms with Crippen LogP contribution in [0.4, 0.5) is 4.39 Å². The van der Waals surface area contributed by atoms with Gasteiger partial charge in [0, 0.05) is 6.54 Å². The van der Waals surface area contributed by atoms with Gasteiger partial charge in [-0.2, -0.15) is 0 Å². The van der Waals surface area contributed by atoms with Gasteiger partial charge in [-0.15, -0.1) is 0 Å². The molecule has 0 saturated carbocycles. The molecular formula is C13H12FNO. The van der Waals surface area contributed by atoms with E-state index >= 15 is 0 Å². The zero-order chi connectivity index (χ0) is 11.4. The molecule has 2 aromatic carbocycles. The van der Waals surface area contributed by atoms with Crippen LogP contribution < -0.4 is 10.5 Å². The third-order valence-corrected chi connectivity index (χ3v) is 2.20. The Kier molecular flexibility index (Phi) is 3.17. The SMILES string of the molecule is NCc1ccc(F)c(Oc2ccccc2)c1. The number of nitrogens with two attached hydrogens (primary N) is 1. The van der Waals surface area contributed by atoms with Crippen LogP contribution in [0, 0.1) is 5.82 Å². The minimum absolute atomic E-state index is 0.203. The maximum Gasteiger partial charge on any atom is 0.165 e. The Labute approximate surface area is 93.5 Å². The van der Waals surface area contributed by atoms with E-state index in [2.05, 4.69) is 0 Å². The molecule has 0 heterocycles. The van der Waals surface area contributed by atoms with Gasteiger partial charge in [0.15, 0.2) is 11.6 Å². The summed E-state index contributed by atoms with van der Waals surface area (Å²) in [6.07, 6.45) is 0. The van der Waals surface area contributed by atoms with Crippen molar-refractivity contribution in [1.82, 2.24) is 0 Å². The number of halogens is 1. The van der Waals surface area contributed by atoms with Gasteiger partial charge in [-0.25, -0.2) is 4.39 Å². The van der Waals surface area contributed by atoms with Gasteiger partial charge >= 0.3 is 0 Å². The van der Waals surface area contributed by atoms with Gasteiger partial charge in [-0.1, -0.05) is 24.3 Å². The fourth-order valence-corrected chi connectivity index (χ4v) is 1.37. The molecule has 0 aliphatic carbocycles. The van der Waals surface area contributed by atoms with Gasteiger partial charge in [-0.3, -0.25) is 0 Å². The molecule has 0 aromatic heterocycles. The molecule has 0 aliphatic heterocycles. The van der Waals surface area contributed by atoms with Crippen LogP contribution in [-0.2, 0) is 6.54 Å². The van der Waals surface area contributed by atoms with Crippen molar-refractivity contribution in [2.75, 3.05) is 0 Å². The third-order valence-electron chi connectivity index (χ3n) is 2.20. The predicted molar refractivity (Wildman–Crippen MR) is 60.8 cm³/mol. The van der Waals surface area contributed by atoms with Gasteiger partial charge in [0.05, 0.1) is 0 Å². The summed E-state index contributed by atoms with van der Waals surface area (Å²) in [5.41, 5.74) is 6.32. The van der Waals surface area contributed by atoms with Crippen molar-refractivity contribution in [2.45, 2.75) is 6.54 Å². The maximum absolute atomic E-state index is 13.4. The second-order valence-electron chi connectivity index (χ2n) is 3.38. The van der Waals surface area contributed by atoms with Crippen LogP contribution in [0.15, 0.2) is 48.5 Å². The summed E-state index contributed by atoms with van der Waals surface area (Å²) in [5, 5.41) is 0. The van der Waals surface area contributed by atoms with E-state index in [0.29, 0.717) is 12.3 Å². The average molecular weight is 217 g/mol. The molecule has 2 N–H and O–H groups in total. The van der Waals surface area contributed by atoms with Crippen molar-refractivity contribution in [3.63, 3.8) is 0 Å². The van der Waals surface area contributed by atoms with Gasteiger partial charge < -0.3 is 10.5 Å². The molecule has 82 valence electrons. The predicted octanol–water partition coefficient (Wildman–Crippen LogP) is 3.08. The first-order valence-electron chi connectivity index (χ1n) is 5.01. The molecule has 2 rings (SSSR count). The molecule has 2 nitrogen and oxygen atoms in total. The maximum atomic E-state index is 13.4. The Morgan fingerprint density at radius 3 is 2.50 bits per heavy atom. The van der Waals surface area contributed by atoms with Crippen LogP contribution in [0.1, 0.15) is 5.56 Å². The van der Waals surface area contributed by atoms with E-state index in [1.807, 2.05) is 18.2 Å². The molecule has 2 aromatic rings. The lowest BCUT2D eigenvalue weighted by molar-refractivity contribution is 0.441. The van der Waals surface area contributed by atoms with Crippen LogP contribution in [0.25, 0.3) is 0 Å². The zero-order valence-electron chi connectivity index (χ0n) is 8.69. The molecule has 3 heteroatoms. The molecule has 0 amide bonds. The molecule has 0 bridgehead atoms. The van der Waals surface area contributed by atoms with E-state index in [-0.39, 0.29) is 11.6 Å². The highest BCUT2D eigenvalue weighted by Gasteiger charge is 2.05. The lowest BCUT2D eigenvalue weighted by atomic mass is 10.2. The van der Waals surface area contributed by atoms with Crippen molar-refractivity contribution >= 4 is 0 Å². The summed E-state index contributed by atoms with van der Waals surface area (Å²) in [7, 11) is 0. The topological polar surface area (TPSA) is 35.2 Å². The summed E-state index contributed by atoms with van der Waals surface area (Å²) in [5.74, 6) is 0.422. The van der Waals surface area contributed by atoms with E-state index in [9.17, 15) is 4.39 Å². The van der Waals surface area contributed by atoms with Crippen LogP contribution in [0.5, 0.6) is 11.5 Å². The number of para-hydroxylation sites is 1. The molecule has 0 radical (unpaired) electrons. The van der Waals surface area contributed by atoms with Gasteiger partial charge in [0.2, 0.25) is 0 Å². The van der Waals surface area contributed by atoms with Crippen LogP contribution in [-0.4, -0.2) is 0 Å². The third kappa shape index (κ3) is 2.38. The fraction of sp³-hybridized carbons (Fsp3) is 0.0769. The van der Waals surface area contributed by atoms with Crippen molar-refractivity contribution in [3.05, 3.63) is 59.9 Å². The zero-order valence-corrected chi connectivity index (χ0v) is 8.69. The average Bonchev–Trinajstić information content (AvgIpc) is 2.33. The summed E-state index contributed by atoms with van der Waals surface area (Å²) in [6.45, 7) is 0.366. The van der Waals surface area contributed by atoms with Gasteiger partial charge in [-0.05, 0) is 29.8 Å². The first kappa shape index (κ1) is 10.6. The first-order chi connectivity index (χ1) is 7.79. The number of rotatable bonds is 3. The highest BCUT2D eigenvalue weighted by atomic mass is 19.1. The smallest absolute Gasteiger partial charge is 0.165 e. The molecule has 0 saturated heterocycles. The minimum atomic E-state index is -0.388. The second kappa shape index (κ2) is 4.77. The number of hydrogen-bond donors (Lipinski definition) is 1. The van der Waals surface area contributed by atoms with E-state index in [4.69, 9.17) is 10.5 Å². The Bertz CT molecular complexity index is 471. The van der Waals surface area contributed by atoms with Crippen molar-refractivity contribution in [1.29, 1.82) is 0 Å². The second-order valence-corrected chi connectivity index (χ2v) is 3.38. The molecule has 16 heavy (non-hydrogen) atoms. The van der Waals surface area contributed by atoms with Crippen LogP contribution >= 0.6 is 0 Å². The van der Waals surface area contributed by atoms with Crippen molar-refractivity contribution in [2.24, 2.45) is 5.73 Å². The van der Waals surface area contributed by atoms with Crippen LogP contribution in [0.2, 0.25) is 0 Å². The molecule has 0 fully saturated rings. The van der Waals surface area contributed by atoms with Crippen LogP contribution in [0.3, 0.4) is 0 Å². The standard InChI is InChI=1S/C13H12FNO/c14-12-7-6-10(9-15)8-13(12)16-11-4-2-1-3-5-11/h1-8H,9,15H2. The summed E-state index contributed by atoms with van der Waals surface area (Å²) in [6, 6.07) is 13.7. The summed E-state index contributed by atoms with van der Waals surface area (Å²) in [4.78, 5) is 0. The molecule has 0 aliphatic rings. The summed E-state index contributed by atoms with van der Waals surface area (Å²) >= 11 is 0. The number of benzene rings is 2. The fourth-order valence-electron chi connectivity index (χ4n) is 1.37. The largest absolute Gasteiger partial charge is 0.454 e. The van der Waals surface area contributed by atoms with Gasteiger partial charge in [0.1, 0.15) is 5.75 Å².